The van der Waals surface area contributed by atoms with Crippen LogP contribution in [0.25, 0.3) is 0 Å². The first kappa shape index (κ1) is 13.8. The number of hydrogen-bond acceptors (Lipinski definition) is 5. The molecule has 1 aromatic rings. The third-order valence-electron chi connectivity index (χ3n) is 2.64. The SMILES string of the molecule is CC1(C)Oc2ccc(NC(=N)/C(F)=C\N)nc2NC1=O. The highest BCUT2D eigenvalue weighted by atomic mass is 19.1. The fourth-order valence-corrected chi connectivity index (χ4v) is 1.54. The Balaban J connectivity index is 2.24. The largest absolute Gasteiger partial charge is 0.474 e. The van der Waals surface area contributed by atoms with Gasteiger partial charge in [-0.2, -0.15) is 0 Å². The molecule has 0 fully saturated rings. The van der Waals surface area contributed by atoms with Crippen molar-refractivity contribution in [2.45, 2.75) is 19.4 Å². The van der Waals surface area contributed by atoms with Crippen LogP contribution in [0.3, 0.4) is 0 Å². The van der Waals surface area contributed by atoms with Gasteiger partial charge in [0.15, 0.2) is 28.8 Å². The fourth-order valence-electron chi connectivity index (χ4n) is 1.54. The lowest BCUT2D eigenvalue weighted by Crippen LogP contribution is -2.46. The molecule has 106 valence electrons. The van der Waals surface area contributed by atoms with E-state index in [2.05, 4.69) is 15.6 Å². The molecule has 8 heteroatoms. The third-order valence-corrected chi connectivity index (χ3v) is 2.64. The average Bonchev–Trinajstić information content (AvgIpc) is 2.39. The van der Waals surface area contributed by atoms with E-state index in [0.29, 0.717) is 11.9 Å². The van der Waals surface area contributed by atoms with E-state index in [0.717, 1.165) is 0 Å². The molecule has 0 saturated carbocycles. The van der Waals surface area contributed by atoms with Crippen LogP contribution in [0.1, 0.15) is 13.8 Å². The van der Waals surface area contributed by atoms with Crippen LogP contribution in [0.2, 0.25) is 0 Å². The molecule has 1 aromatic heterocycles. The lowest BCUT2D eigenvalue weighted by atomic mass is 10.1. The summed E-state index contributed by atoms with van der Waals surface area (Å²) in [5.74, 6) is -0.966. The van der Waals surface area contributed by atoms with E-state index in [-0.39, 0.29) is 17.5 Å². The summed E-state index contributed by atoms with van der Waals surface area (Å²) in [6, 6.07) is 3.08. The van der Waals surface area contributed by atoms with Crippen LogP contribution in [-0.4, -0.2) is 22.3 Å². The molecule has 5 N–H and O–H groups in total. The zero-order chi connectivity index (χ0) is 14.9. The van der Waals surface area contributed by atoms with Crippen molar-refractivity contribution in [3.63, 3.8) is 0 Å². The Kier molecular flexibility index (Phi) is 3.31. The summed E-state index contributed by atoms with van der Waals surface area (Å²) in [6.45, 7) is 3.27. The van der Waals surface area contributed by atoms with E-state index in [9.17, 15) is 9.18 Å². The molecular weight excluding hydrogens is 265 g/mol. The minimum atomic E-state index is -0.981. The lowest BCUT2D eigenvalue weighted by molar-refractivity contribution is -0.129. The van der Waals surface area contributed by atoms with Crippen LogP contribution in [0.4, 0.5) is 16.0 Å². The molecule has 7 nitrogen and oxygen atoms in total. The minimum absolute atomic E-state index is 0.189. The van der Waals surface area contributed by atoms with Crippen molar-refractivity contribution in [2.24, 2.45) is 5.73 Å². The number of ether oxygens (including phenoxy) is 1. The van der Waals surface area contributed by atoms with E-state index in [4.69, 9.17) is 15.9 Å². The van der Waals surface area contributed by atoms with Gasteiger partial charge in [-0.05, 0) is 26.0 Å². The van der Waals surface area contributed by atoms with Crippen molar-refractivity contribution >= 4 is 23.4 Å². The maximum Gasteiger partial charge on any atom is 0.269 e. The van der Waals surface area contributed by atoms with Crippen molar-refractivity contribution in [3.05, 3.63) is 24.2 Å². The number of fused-ring (bicyclic) bond motifs is 1. The van der Waals surface area contributed by atoms with Gasteiger partial charge in [0.1, 0.15) is 5.82 Å². The smallest absolute Gasteiger partial charge is 0.269 e. The Morgan fingerprint density at radius 2 is 2.30 bits per heavy atom. The summed E-state index contributed by atoms with van der Waals surface area (Å²) >= 11 is 0. The molecule has 1 aliphatic heterocycles. The van der Waals surface area contributed by atoms with Gasteiger partial charge in [0.25, 0.3) is 5.91 Å². The molecule has 0 aromatic carbocycles. The molecule has 0 bridgehead atoms. The van der Waals surface area contributed by atoms with E-state index >= 15 is 0 Å². The van der Waals surface area contributed by atoms with Crippen LogP contribution in [-0.2, 0) is 4.79 Å². The van der Waals surface area contributed by atoms with Gasteiger partial charge >= 0.3 is 0 Å². The fraction of sp³-hybridized carbons (Fsp3) is 0.250. The van der Waals surface area contributed by atoms with Gasteiger partial charge in [0.2, 0.25) is 0 Å². The summed E-state index contributed by atoms with van der Waals surface area (Å²) in [5.41, 5.74) is 3.99. The second-order valence-corrected chi connectivity index (χ2v) is 4.62. The highest BCUT2D eigenvalue weighted by Crippen LogP contribution is 2.32. The molecule has 0 aliphatic carbocycles. The number of nitrogens with one attached hydrogen (secondary N) is 3. The predicted molar refractivity (Wildman–Crippen MR) is 72.3 cm³/mol. The van der Waals surface area contributed by atoms with Crippen LogP contribution in [0, 0.1) is 5.41 Å². The standard InChI is InChI=1S/C12H14FN5O2/c1-12(2)11(19)18-10-7(20-12)3-4-8(17-10)16-9(15)6(13)5-14/h3-5H,14H2,1-2H3,(H3,15,16,17,18,19)/b6-5+. The molecule has 1 amide bonds. The molecule has 2 rings (SSSR count). The molecule has 0 radical (unpaired) electrons. The summed E-state index contributed by atoms with van der Waals surface area (Å²) in [7, 11) is 0. The first-order valence-corrected chi connectivity index (χ1v) is 5.78. The number of amidine groups is 1. The Hall–Kier alpha value is -2.64. The number of aromatic nitrogens is 1. The highest BCUT2D eigenvalue weighted by molar-refractivity contribution is 6.04. The number of amides is 1. The monoisotopic (exact) mass is 279 g/mol. The van der Waals surface area contributed by atoms with Gasteiger partial charge in [-0.1, -0.05) is 0 Å². The maximum absolute atomic E-state index is 13.0. The topological polar surface area (TPSA) is 113 Å². The van der Waals surface area contributed by atoms with Crippen LogP contribution < -0.4 is 21.1 Å². The summed E-state index contributed by atoms with van der Waals surface area (Å²) < 4.78 is 18.5. The minimum Gasteiger partial charge on any atom is -0.474 e. The van der Waals surface area contributed by atoms with E-state index in [1.807, 2.05) is 0 Å². The zero-order valence-corrected chi connectivity index (χ0v) is 11.0. The second kappa shape index (κ2) is 4.80. The molecule has 0 spiro atoms. The summed E-state index contributed by atoms with van der Waals surface area (Å²) in [5, 5.41) is 12.4. The molecule has 0 unspecified atom stereocenters. The number of carbonyl (C=O) groups excluding carboxylic acids is 1. The first-order valence-electron chi connectivity index (χ1n) is 5.78. The van der Waals surface area contributed by atoms with Crippen molar-refractivity contribution in [2.75, 3.05) is 10.6 Å². The van der Waals surface area contributed by atoms with Crippen molar-refractivity contribution in [1.29, 1.82) is 5.41 Å². The second-order valence-electron chi connectivity index (χ2n) is 4.62. The van der Waals surface area contributed by atoms with Gasteiger partial charge in [-0.25, -0.2) is 9.37 Å². The van der Waals surface area contributed by atoms with Crippen LogP contribution in [0.5, 0.6) is 5.75 Å². The molecule has 1 aliphatic rings. The van der Waals surface area contributed by atoms with Crippen molar-refractivity contribution < 1.29 is 13.9 Å². The average molecular weight is 279 g/mol. The van der Waals surface area contributed by atoms with Crippen LogP contribution in [0.15, 0.2) is 24.2 Å². The number of hydrogen-bond donors (Lipinski definition) is 4. The van der Waals surface area contributed by atoms with E-state index in [1.54, 1.807) is 19.9 Å². The number of anilines is 2. The summed E-state index contributed by atoms with van der Waals surface area (Å²) in [4.78, 5) is 15.8. The summed E-state index contributed by atoms with van der Waals surface area (Å²) in [6.07, 6.45) is 0.668. The number of pyridine rings is 1. The number of rotatable bonds is 2. The van der Waals surface area contributed by atoms with Gasteiger partial charge in [-0.15, -0.1) is 0 Å². The molecule has 2 heterocycles. The Morgan fingerprint density at radius 1 is 1.60 bits per heavy atom. The number of halogens is 1. The number of nitrogens with two attached hydrogens (primary N) is 1. The number of carbonyl (C=O) groups is 1. The Bertz CT molecular complexity index is 612. The normalized spacial score (nSPS) is 16.8. The molecule has 20 heavy (non-hydrogen) atoms. The Labute approximate surface area is 114 Å². The van der Waals surface area contributed by atoms with E-state index in [1.165, 1.54) is 6.07 Å². The van der Waals surface area contributed by atoms with Gasteiger partial charge in [0.05, 0.1) is 0 Å². The highest BCUT2D eigenvalue weighted by Gasteiger charge is 2.36. The zero-order valence-electron chi connectivity index (χ0n) is 11.0. The van der Waals surface area contributed by atoms with Crippen molar-refractivity contribution in [1.82, 2.24) is 4.98 Å². The third kappa shape index (κ3) is 2.53. The van der Waals surface area contributed by atoms with Gasteiger partial charge in [-0.3, -0.25) is 10.2 Å². The van der Waals surface area contributed by atoms with Crippen LogP contribution >= 0.6 is 0 Å². The molecular formula is C12H14FN5O2. The molecule has 0 atom stereocenters. The van der Waals surface area contributed by atoms with Gasteiger partial charge in [0, 0.05) is 6.20 Å². The van der Waals surface area contributed by atoms with Gasteiger partial charge < -0.3 is 21.1 Å². The Morgan fingerprint density at radius 3 is 2.95 bits per heavy atom. The lowest BCUT2D eigenvalue weighted by Gasteiger charge is -2.30. The predicted octanol–water partition coefficient (Wildman–Crippen LogP) is 1.35. The maximum atomic E-state index is 13.0. The van der Waals surface area contributed by atoms with E-state index < -0.39 is 17.3 Å². The number of nitrogens with zero attached hydrogens (tertiary/aromatic N) is 1. The first-order chi connectivity index (χ1) is 9.33. The van der Waals surface area contributed by atoms with Crippen molar-refractivity contribution in [3.8, 4) is 5.75 Å². The quantitative estimate of drug-likeness (QED) is 0.482. The molecule has 0 saturated heterocycles.